The SMILES string of the molecule is CC(C)(O)CNCC[C@@H](N)CSc1ccccc1. The molecule has 0 aliphatic heterocycles. The molecule has 1 aromatic rings. The first kappa shape index (κ1) is 15.5. The van der Waals surface area contributed by atoms with Gasteiger partial charge in [0.15, 0.2) is 0 Å². The smallest absolute Gasteiger partial charge is 0.0715 e. The summed E-state index contributed by atoms with van der Waals surface area (Å²) in [7, 11) is 0. The fraction of sp³-hybridized carbons (Fsp3) is 0.571. The highest BCUT2D eigenvalue weighted by atomic mass is 32.2. The van der Waals surface area contributed by atoms with Crippen LogP contribution >= 0.6 is 11.8 Å². The summed E-state index contributed by atoms with van der Waals surface area (Å²) in [5, 5.41) is 12.8. The van der Waals surface area contributed by atoms with Crippen molar-refractivity contribution in [1.29, 1.82) is 0 Å². The van der Waals surface area contributed by atoms with Crippen LogP contribution < -0.4 is 11.1 Å². The van der Waals surface area contributed by atoms with Gasteiger partial charge in [-0.1, -0.05) is 18.2 Å². The van der Waals surface area contributed by atoms with E-state index in [1.54, 1.807) is 25.6 Å². The molecule has 1 atom stereocenters. The van der Waals surface area contributed by atoms with Crippen molar-refractivity contribution < 1.29 is 5.11 Å². The molecule has 0 unspecified atom stereocenters. The summed E-state index contributed by atoms with van der Waals surface area (Å²) in [5.74, 6) is 0.925. The lowest BCUT2D eigenvalue weighted by Gasteiger charge is -2.18. The Kier molecular flexibility index (Phi) is 6.71. The normalized spacial score (nSPS) is 13.6. The summed E-state index contributed by atoms with van der Waals surface area (Å²) in [4.78, 5) is 1.26. The Bertz CT molecular complexity index is 324. The summed E-state index contributed by atoms with van der Waals surface area (Å²) in [6.07, 6.45) is 0.927. The van der Waals surface area contributed by atoms with Crippen LogP contribution in [0.25, 0.3) is 0 Å². The molecule has 0 aliphatic carbocycles. The molecule has 0 aliphatic rings. The zero-order valence-electron chi connectivity index (χ0n) is 11.2. The number of nitrogens with two attached hydrogens (primary N) is 1. The van der Waals surface area contributed by atoms with Crippen molar-refractivity contribution in [2.75, 3.05) is 18.8 Å². The molecule has 0 fully saturated rings. The maximum Gasteiger partial charge on any atom is 0.0715 e. The Morgan fingerprint density at radius 1 is 1.33 bits per heavy atom. The molecule has 4 N–H and O–H groups in total. The van der Waals surface area contributed by atoms with Gasteiger partial charge in [-0.2, -0.15) is 0 Å². The van der Waals surface area contributed by atoms with Crippen molar-refractivity contribution in [3.63, 3.8) is 0 Å². The van der Waals surface area contributed by atoms with E-state index in [-0.39, 0.29) is 6.04 Å². The van der Waals surface area contributed by atoms with E-state index in [1.807, 2.05) is 18.2 Å². The third kappa shape index (κ3) is 7.71. The molecule has 0 aromatic heterocycles. The molecule has 1 aromatic carbocycles. The summed E-state index contributed by atoms with van der Waals surface area (Å²) in [6, 6.07) is 10.5. The zero-order chi connectivity index (χ0) is 13.4. The van der Waals surface area contributed by atoms with Crippen LogP contribution in [0.2, 0.25) is 0 Å². The van der Waals surface area contributed by atoms with Gasteiger partial charge in [0.05, 0.1) is 5.60 Å². The molecule has 3 nitrogen and oxygen atoms in total. The minimum Gasteiger partial charge on any atom is -0.389 e. The topological polar surface area (TPSA) is 58.3 Å². The van der Waals surface area contributed by atoms with Crippen LogP contribution in [-0.2, 0) is 0 Å². The fourth-order valence-corrected chi connectivity index (χ4v) is 2.41. The van der Waals surface area contributed by atoms with Crippen molar-refractivity contribution in [2.45, 2.75) is 36.8 Å². The van der Waals surface area contributed by atoms with Crippen LogP contribution in [0.4, 0.5) is 0 Å². The summed E-state index contributed by atoms with van der Waals surface area (Å²) in [5.41, 5.74) is 5.40. The van der Waals surface area contributed by atoms with E-state index in [9.17, 15) is 5.11 Å². The Balaban J connectivity index is 2.09. The molecule has 4 heteroatoms. The highest BCUT2D eigenvalue weighted by molar-refractivity contribution is 7.99. The Labute approximate surface area is 114 Å². The molecule has 0 saturated heterocycles. The van der Waals surface area contributed by atoms with E-state index in [2.05, 4.69) is 17.4 Å². The number of aliphatic hydroxyl groups is 1. The first-order valence-corrected chi connectivity index (χ1v) is 7.32. The maximum atomic E-state index is 9.54. The number of hydrogen-bond acceptors (Lipinski definition) is 4. The van der Waals surface area contributed by atoms with Crippen LogP contribution in [0.1, 0.15) is 20.3 Å². The molecule has 0 heterocycles. The summed E-state index contributed by atoms with van der Waals surface area (Å²) in [6.45, 7) is 5.04. The quantitative estimate of drug-likeness (QED) is 0.497. The third-order valence-corrected chi connectivity index (χ3v) is 3.66. The van der Waals surface area contributed by atoms with Gasteiger partial charge in [0, 0.05) is 23.2 Å². The van der Waals surface area contributed by atoms with Gasteiger partial charge in [0.1, 0.15) is 0 Å². The van der Waals surface area contributed by atoms with Crippen LogP contribution in [0.5, 0.6) is 0 Å². The number of hydrogen-bond donors (Lipinski definition) is 3. The van der Waals surface area contributed by atoms with E-state index in [0.717, 1.165) is 18.7 Å². The van der Waals surface area contributed by atoms with E-state index < -0.39 is 5.60 Å². The van der Waals surface area contributed by atoms with Gasteiger partial charge in [-0.15, -0.1) is 11.8 Å². The number of rotatable bonds is 8. The summed E-state index contributed by atoms with van der Waals surface area (Å²) < 4.78 is 0. The minimum absolute atomic E-state index is 0.185. The second-order valence-corrected chi connectivity index (χ2v) is 6.26. The van der Waals surface area contributed by atoms with Gasteiger partial charge >= 0.3 is 0 Å². The second kappa shape index (κ2) is 7.79. The van der Waals surface area contributed by atoms with Crippen molar-refractivity contribution >= 4 is 11.8 Å². The number of thioether (sulfide) groups is 1. The van der Waals surface area contributed by atoms with Gasteiger partial charge in [-0.25, -0.2) is 0 Å². The highest BCUT2D eigenvalue weighted by Crippen LogP contribution is 2.17. The van der Waals surface area contributed by atoms with Gasteiger partial charge in [0.25, 0.3) is 0 Å². The minimum atomic E-state index is -0.650. The third-order valence-electron chi connectivity index (χ3n) is 2.46. The molecular weight excluding hydrogens is 244 g/mol. The molecule has 0 spiro atoms. The highest BCUT2D eigenvalue weighted by Gasteiger charge is 2.11. The lowest BCUT2D eigenvalue weighted by Crippen LogP contribution is -2.37. The van der Waals surface area contributed by atoms with Crippen LogP contribution in [0.3, 0.4) is 0 Å². The van der Waals surface area contributed by atoms with Crippen molar-refractivity contribution in [3.8, 4) is 0 Å². The van der Waals surface area contributed by atoms with Gasteiger partial charge in [-0.3, -0.25) is 0 Å². The van der Waals surface area contributed by atoms with E-state index in [0.29, 0.717) is 6.54 Å². The van der Waals surface area contributed by atoms with Gasteiger partial charge < -0.3 is 16.2 Å². The largest absolute Gasteiger partial charge is 0.389 e. The lowest BCUT2D eigenvalue weighted by atomic mass is 10.1. The Morgan fingerprint density at radius 3 is 2.61 bits per heavy atom. The van der Waals surface area contributed by atoms with E-state index >= 15 is 0 Å². The molecule has 0 saturated carbocycles. The number of benzene rings is 1. The first-order chi connectivity index (χ1) is 8.47. The predicted molar refractivity (Wildman–Crippen MR) is 78.9 cm³/mol. The van der Waals surface area contributed by atoms with Gasteiger partial charge in [-0.05, 0) is 38.9 Å². The van der Waals surface area contributed by atoms with Crippen LogP contribution in [0.15, 0.2) is 35.2 Å². The number of nitrogens with one attached hydrogen (secondary N) is 1. The van der Waals surface area contributed by atoms with Crippen LogP contribution in [-0.4, -0.2) is 35.6 Å². The lowest BCUT2D eigenvalue weighted by molar-refractivity contribution is 0.0798. The van der Waals surface area contributed by atoms with Crippen molar-refractivity contribution in [2.24, 2.45) is 5.73 Å². The average molecular weight is 268 g/mol. The summed E-state index contributed by atoms with van der Waals surface area (Å²) >= 11 is 1.79. The Hall–Kier alpha value is -0.550. The molecule has 18 heavy (non-hydrogen) atoms. The standard InChI is InChI=1S/C14H24N2OS/c1-14(2,17)11-16-9-8-12(15)10-18-13-6-4-3-5-7-13/h3-7,12,16-17H,8-11,15H2,1-2H3/t12-/m1/s1. The van der Waals surface area contributed by atoms with Gasteiger partial charge in [0.2, 0.25) is 0 Å². The molecular formula is C14H24N2OS. The van der Waals surface area contributed by atoms with E-state index in [4.69, 9.17) is 5.73 Å². The average Bonchev–Trinajstić information content (AvgIpc) is 2.32. The monoisotopic (exact) mass is 268 g/mol. The first-order valence-electron chi connectivity index (χ1n) is 6.34. The maximum absolute atomic E-state index is 9.54. The molecule has 0 bridgehead atoms. The van der Waals surface area contributed by atoms with Crippen molar-refractivity contribution in [1.82, 2.24) is 5.32 Å². The predicted octanol–water partition coefficient (Wildman–Crippen LogP) is 1.86. The fourth-order valence-electron chi connectivity index (χ4n) is 1.49. The van der Waals surface area contributed by atoms with Crippen molar-refractivity contribution in [3.05, 3.63) is 30.3 Å². The molecule has 0 amide bonds. The Morgan fingerprint density at radius 2 is 2.00 bits per heavy atom. The second-order valence-electron chi connectivity index (χ2n) is 5.16. The van der Waals surface area contributed by atoms with E-state index in [1.165, 1.54) is 4.90 Å². The molecule has 1 rings (SSSR count). The molecule has 102 valence electrons. The zero-order valence-corrected chi connectivity index (χ0v) is 12.0. The molecule has 0 radical (unpaired) electrons. The van der Waals surface area contributed by atoms with Crippen LogP contribution in [0, 0.1) is 0 Å².